The predicted octanol–water partition coefficient (Wildman–Crippen LogP) is 0.648. The van der Waals surface area contributed by atoms with Crippen LogP contribution in [0, 0.1) is 0 Å². The molecule has 1 rings (SSSR count). The second kappa shape index (κ2) is 5.40. The second-order valence-corrected chi connectivity index (χ2v) is 3.07. The summed E-state index contributed by atoms with van der Waals surface area (Å²) in [7, 11) is 1.46. The van der Waals surface area contributed by atoms with E-state index in [1.165, 1.54) is 7.11 Å². The number of azide groups is 1. The highest BCUT2D eigenvalue weighted by molar-refractivity contribution is 5.65. The third kappa shape index (κ3) is 2.98. The van der Waals surface area contributed by atoms with Gasteiger partial charge >= 0.3 is 6.09 Å². The van der Waals surface area contributed by atoms with Crippen LogP contribution in [-0.2, 0) is 9.47 Å². The van der Waals surface area contributed by atoms with Gasteiger partial charge in [0, 0.05) is 18.6 Å². The van der Waals surface area contributed by atoms with Gasteiger partial charge in [-0.3, -0.25) is 0 Å². The summed E-state index contributed by atoms with van der Waals surface area (Å²) >= 11 is 0. The molecule has 2 atom stereocenters. The molecule has 0 bridgehead atoms. The standard InChI is InChI=1S/C7H12N4O4/c1-14-4-15-6-3-11(7(12)13)2-5(6)9-10-8/h5-6H,2-4H2,1H3,(H,12,13). The second-order valence-electron chi connectivity index (χ2n) is 3.07. The van der Waals surface area contributed by atoms with Crippen LogP contribution in [-0.4, -0.2) is 55.2 Å². The molecule has 1 aliphatic heterocycles. The molecule has 0 aromatic rings. The summed E-state index contributed by atoms with van der Waals surface area (Å²) in [4.78, 5) is 14.5. The number of carbonyl (C=O) groups is 1. The number of hydrogen-bond donors (Lipinski definition) is 1. The van der Waals surface area contributed by atoms with Crippen molar-refractivity contribution in [1.82, 2.24) is 4.90 Å². The molecule has 1 N–H and O–H groups in total. The van der Waals surface area contributed by atoms with Gasteiger partial charge < -0.3 is 19.5 Å². The van der Waals surface area contributed by atoms with Crippen molar-refractivity contribution in [3.05, 3.63) is 10.4 Å². The zero-order valence-electron chi connectivity index (χ0n) is 8.24. The molecule has 8 heteroatoms. The van der Waals surface area contributed by atoms with Crippen LogP contribution in [0.4, 0.5) is 4.79 Å². The highest BCUT2D eigenvalue weighted by Gasteiger charge is 2.35. The zero-order valence-corrected chi connectivity index (χ0v) is 8.24. The lowest BCUT2D eigenvalue weighted by Crippen LogP contribution is -2.28. The molecule has 0 aromatic carbocycles. The molecule has 2 unspecified atom stereocenters. The lowest BCUT2D eigenvalue weighted by atomic mass is 10.2. The molecule has 15 heavy (non-hydrogen) atoms. The first-order valence-electron chi connectivity index (χ1n) is 4.31. The average Bonchev–Trinajstić information content (AvgIpc) is 2.59. The van der Waals surface area contributed by atoms with Gasteiger partial charge in [-0.2, -0.15) is 0 Å². The minimum absolute atomic E-state index is 0.0512. The molecule has 84 valence electrons. The van der Waals surface area contributed by atoms with Gasteiger partial charge in [0.1, 0.15) is 6.79 Å². The third-order valence-corrected chi connectivity index (χ3v) is 2.11. The number of rotatable bonds is 4. The van der Waals surface area contributed by atoms with Crippen molar-refractivity contribution < 1.29 is 19.4 Å². The quantitative estimate of drug-likeness (QED) is 0.322. The van der Waals surface area contributed by atoms with Crippen LogP contribution in [0.25, 0.3) is 10.4 Å². The van der Waals surface area contributed by atoms with E-state index in [9.17, 15) is 4.79 Å². The molecule has 0 radical (unpaired) electrons. The monoisotopic (exact) mass is 216 g/mol. The molecule has 1 heterocycles. The summed E-state index contributed by atoms with van der Waals surface area (Å²) in [6, 6.07) is -0.485. The Balaban J connectivity index is 2.58. The molecular formula is C7H12N4O4. The number of amides is 1. The van der Waals surface area contributed by atoms with Gasteiger partial charge in [0.15, 0.2) is 0 Å². The Morgan fingerprint density at radius 2 is 2.47 bits per heavy atom. The van der Waals surface area contributed by atoms with E-state index in [0.717, 1.165) is 4.90 Å². The summed E-state index contributed by atoms with van der Waals surface area (Å²) in [5, 5.41) is 12.2. The maximum Gasteiger partial charge on any atom is 0.407 e. The molecular weight excluding hydrogens is 204 g/mol. The van der Waals surface area contributed by atoms with E-state index in [2.05, 4.69) is 10.0 Å². The minimum atomic E-state index is -1.04. The summed E-state index contributed by atoms with van der Waals surface area (Å²) in [5.41, 5.74) is 8.30. The predicted molar refractivity (Wildman–Crippen MR) is 49.3 cm³/mol. The van der Waals surface area contributed by atoms with Crippen molar-refractivity contribution in [3.63, 3.8) is 0 Å². The molecule has 1 amide bonds. The molecule has 0 saturated carbocycles. The summed E-state index contributed by atoms with van der Waals surface area (Å²) < 4.78 is 9.91. The van der Waals surface area contributed by atoms with Crippen LogP contribution in [0.5, 0.6) is 0 Å². The van der Waals surface area contributed by atoms with Gasteiger partial charge in [0.2, 0.25) is 0 Å². The van der Waals surface area contributed by atoms with Crippen molar-refractivity contribution in [3.8, 4) is 0 Å². The Morgan fingerprint density at radius 3 is 3.00 bits per heavy atom. The molecule has 8 nitrogen and oxygen atoms in total. The largest absolute Gasteiger partial charge is 0.465 e. The lowest BCUT2D eigenvalue weighted by Gasteiger charge is -2.13. The topological polar surface area (TPSA) is 108 Å². The number of likely N-dealkylation sites (tertiary alicyclic amines) is 1. The van der Waals surface area contributed by atoms with Gasteiger partial charge in [-0.25, -0.2) is 4.79 Å². The van der Waals surface area contributed by atoms with E-state index in [1.807, 2.05) is 0 Å². The number of hydrogen-bond acceptors (Lipinski definition) is 4. The number of carboxylic acid groups (broad SMARTS) is 1. The van der Waals surface area contributed by atoms with Gasteiger partial charge in [-0.1, -0.05) is 5.11 Å². The SMILES string of the molecule is COCOC1CN(C(=O)O)CC1N=[N+]=[N-]. The Bertz CT molecular complexity index is 278. The number of methoxy groups -OCH3 is 1. The highest BCUT2D eigenvalue weighted by Crippen LogP contribution is 2.17. The highest BCUT2D eigenvalue weighted by atomic mass is 16.7. The Hall–Kier alpha value is -1.50. The summed E-state index contributed by atoms with van der Waals surface area (Å²) in [6.45, 7) is 0.408. The molecule has 1 fully saturated rings. The van der Waals surface area contributed by atoms with Crippen LogP contribution in [0.2, 0.25) is 0 Å². The van der Waals surface area contributed by atoms with Gasteiger partial charge in [-0.15, -0.1) is 0 Å². The van der Waals surface area contributed by atoms with E-state index in [0.29, 0.717) is 0 Å². The summed E-state index contributed by atoms with van der Waals surface area (Å²) in [5.74, 6) is 0. The average molecular weight is 216 g/mol. The smallest absolute Gasteiger partial charge is 0.407 e. The molecule has 1 aliphatic rings. The van der Waals surface area contributed by atoms with Crippen LogP contribution < -0.4 is 0 Å². The fourth-order valence-electron chi connectivity index (χ4n) is 1.41. The molecule has 0 aromatic heterocycles. The zero-order chi connectivity index (χ0) is 11.3. The van der Waals surface area contributed by atoms with Gasteiger partial charge in [0.05, 0.1) is 18.7 Å². The Morgan fingerprint density at radius 1 is 1.73 bits per heavy atom. The van der Waals surface area contributed by atoms with Gasteiger partial charge in [-0.05, 0) is 5.53 Å². The molecule has 0 aliphatic carbocycles. The Kier molecular flexibility index (Phi) is 4.17. The number of nitrogens with zero attached hydrogens (tertiary/aromatic N) is 4. The van der Waals surface area contributed by atoms with Crippen molar-refractivity contribution in [1.29, 1.82) is 0 Å². The molecule has 1 saturated heterocycles. The normalized spacial score (nSPS) is 25.0. The fourth-order valence-corrected chi connectivity index (χ4v) is 1.41. The first-order chi connectivity index (χ1) is 7.19. The first-order valence-corrected chi connectivity index (χ1v) is 4.31. The van der Waals surface area contributed by atoms with E-state index in [4.69, 9.17) is 20.1 Å². The lowest BCUT2D eigenvalue weighted by molar-refractivity contribution is -0.0705. The van der Waals surface area contributed by atoms with Crippen LogP contribution in [0.1, 0.15) is 0 Å². The maximum absolute atomic E-state index is 10.7. The molecule has 0 spiro atoms. The van der Waals surface area contributed by atoms with Crippen molar-refractivity contribution >= 4 is 6.09 Å². The Labute approximate surface area is 86.0 Å². The van der Waals surface area contributed by atoms with E-state index < -0.39 is 18.2 Å². The van der Waals surface area contributed by atoms with Crippen molar-refractivity contribution in [2.45, 2.75) is 12.1 Å². The van der Waals surface area contributed by atoms with E-state index >= 15 is 0 Å². The van der Waals surface area contributed by atoms with E-state index in [-0.39, 0.29) is 19.9 Å². The third-order valence-electron chi connectivity index (χ3n) is 2.11. The number of ether oxygens (including phenoxy) is 2. The first kappa shape index (κ1) is 11.6. The van der Waals surface area contributed by atoms with Crippen LogP contribution in [0.15, 0.2) is 5.11 Å². The maximum atomic E-state index is 10.7. The van der Waals surface area contributed by atoms with Crippen LogP contribution >= 0.6 is 0 Å². The minimum Gasteiger partial charge on any atom is -0.465 e. The van der Waals surface area contributed by atoms with Crippen molar-refractivity contribution in [2.24, 2.45) is 5.11 Å². The van der Waals surface area contributed by atoms with Gasteiger partial charge in [0.25, 0.3) is 0 Å². The van der Waals surface area contributed by atoms with E-state index in [1.54, 1.807) is 0 Å². The van der Waals surface area contributed by atoms with Crippen LogP contribution in [0.3, 0.4) is 0 Å². The summed E-state index contributed by atoms with van der Waals surface area (Å²) in [6.07, 6.45) is -1.48. The van der Waals surface area contributed by atoms with Crippen molar-refractivity contribution in [2.75, 3.05) is 27.0 Å². The fraction of sp³-hybridized carbons (Fsp3) is 0.857.